The van der Waals surface area contributed by atoms with Gasteiger partial charge in [-0.05, 0) is 54.0 Å². The standard InChI is InChI=1S/C17H18Cl2N2/c18-15-6-5-11(7-16(15)19)8-17(21-20)14-9-12-3-1-2-4-13(12)10-14/h1-7,14,17,21H,8-10,20H2. The van der Waals surface area contributed by atoms with Gasteiger partial charge < -0.3 is 0 Å². The average Bonchev–Trinajstić information content (AvgIpc) is 2.92. The molecule has 0 heterocycles. The maximum atomic E-state index is 6.09. The van der Waals surface area contributed by atoms with E-state index in [9.17, 15) is 0 Å². The summed E-state index contributed by atoms with van der Waals surface area (Å²) in [6.07, 6.45) is 3.00. The van der Waals surface area contributed by atoms with Gasteiger partial charge in [0.1, 0.15) is 0 Å². The molecule has 2 aromatic rings. The third-order valence-electron chi connectivity index (χ3n) is 4.31. The van der Waals surface area contributed by atoms with Gasteiger partial charge in [-0.2, -0.15) is 0 Å². The quantitative estimate of drug-likeness (QED) is 0.664. The zero-order valence-electron chi connectivity index (χ0n) is 11.7. The van der Waals surface area contributed by atoms with Crippen molar-refractivity contribution >= 4 is 23.2 Å². The second kappa shape index (κ2) is 6.37. The Balaban J connectivity index is 1.73. The van der Waals surface area contributed by atoms with Crippen molar-refractivity contribution in [3.63, 3.8) is 0 Å². The number of rotatable bonds is 4. The molecule has 2 aromatic carbocycles. The van der Waals surface area contributed by atoms with E-state index in [0.717, 1.165) is 24.8 Å². The summed E-state index contributed by atoms with van der Waals surface area (Å²) in [6.45, 7) is 0. The molecule has 0 radical (unpaired) electrons. The van der Waals surface area contributed by atoms with Crippen LogP contribution in [0.3, 0.4) is 0 Å². The maximum Gasteiger partial charge on any atom is 0.0595 e. The molecule has 0 fully saturated rings. The van der Waals surface area contributed by atoms with Crippen molar-refractivity contribution in [2.24, 2.45) is 11.8 Å². The zero-order valence-corrected chi connectivity index (χ0v) is 13.2. The third-order valence-corrected chi connectivity index (χ3v) is 5.04. The molecular formula is C17H18Cl2N2. The van der Waals surface area contributed by atoms with E-state index in [1.807, 2.05) is 18.2 Å². The highest BCUT2D eigenvalue weighted by atomic mass is 35.5. The lowest BCUT2D eigenvalue weighted by Gasteiger charge is -2.23. The highest BCUT2D eigenvalue weighted by Crippen LogP contribution is 2.30. The van der Waals surface area contributed by atoms with Gasteiger partial charge in [0.25, 0.3) is 0 Å². The van der Waals surface area contributed by atoms with Crippen molar-refractivity contribution in [1.82, 2.24) is 5.43 Å². The first-order chi connectivity index (χ1) is 10.2. The Hall–Kier alpha value is -1.06. The molecule has 0 spiro atoms. The minimum Gasteiger partial charge on any atom is -0.271 e. The van der Waals surface area contributed by atoms with E-state index in [1.165, 1.54) is 11.1 Å². The van der Waals surface area contributed by atoms with Crippen molar-refractivity contribution in [2.45, 2.75) is 25.3 Å². The largest absolute Gasteiger partial charge is 0.271 e. The Bertz CT molecular complexity index is 617. The van der Waals surface area contributed by atoms with Crippen LogP contribution in [-0.4, -0.2) is 6.04 Å². The molecule has 0 amide bonds. The molecule has 3 rings (SSSR count). The summed E-state index contributed by atoms with van der Waals surface area (Å²) >= 11 is 12.1. The predicted molar refractivity (Wildman–Crippen MR) is 88.6 cm³/mol. The van der Waals surface area contributed by atoms with Crippen LogP contribution in [-0.2, 0) is 19.3 Å². The summed E-state index contributed by atoms with van der Waals surface area (Å²) in [5.74, 6) is 6.31. The first-order valence-corrected chi connectivity index (χ1v) is 7.90. The van der Waals surface area contributed by atoms with Crippen LogP contribution in [0.5, 0.6) is 0 Å². The number of nitrogens with one attached hydrogen (secondary N) is 1. The summed E-state index contributed by atoms with van der Waals surface area (Å²) < 4.78 is 0. The van der Waals surface area contributed by atoms with Crippen LogP contribution in [0.2, 0.25) is 10.0 Å². The molecule has 0 aliphatic heterocycles. The molecule has 0 saturated carbocycles. The molecule has 1 aliphatic carbocycles. The molecular weight excluding hydrogens is 303 g/mol. The summed E-state index contributed by atoms with van der Waals surface area (Å²) in [5.41, 5.74) is 7.02. The molecule has 21 heavy (non-hydrogen) atoms. The topological polar surface area (TPSA) is 38.0 Å². The Morgan fingerprint density at radius 1 is 1.05 bits per heavy atom. The number of fused-ring (bicyclic) bond motifs is 1. The van der Waals surface area contributed by atoms with E-state index in [4.69, 9.17) is 29.0 Å². The highest BCUT2D eigenvalue weighted by Gasteiger charge is 2.28. The lowest BCUT2D eigenvalue weighted by molar-refractivity contribution is 0.367. The van der Waals surface area contributed by atoms with Crippen LogP contribution in [0.4, 0.5) is 0 Å². The molecule has 0 saturated heterocycles. The van der Waals surface area contributed by atoms with E-state index >= 15 is 0 Å². The van der Waals surface area contributed by atoms with E-state index in [-0.39, 0.29) is 6.04 Å². The Kier molecular flexibility index (Phi) is 4.51. The third kappa shape index (κ3) is 3.24. The Morgan fingerprint density at radius 2 is 1.71 bits per heavy atom. The van der Waals surface area contributed by atoms with Crippen LogP contribution >= 0.6 is 23.2 Å². The summed E-state index contributed by atoms with van der Waals surface area (Å²) in [7, 11) is 0. The number of halogens is 2. The van der Waals surface area contributed by atoms with Gasteiger partial charge in [0.05, 0.1) is 10.0 Å². The van der Waals surface area contributed by atoms with Gasteiger partial charge in [0.2, 0.25) is 0 Å². The molecule has 1 unspecified atom stereocenters. The minimum atomic E-state index is 0.231. The fourth-order valence-corrected chi connectivity index (χ4v) is 3.48. The Morgan fingerprint density at radius 3 is 2.29 bits per heavy atom. The van der Waals surface area contributed by atoms with E-state index in [1.54, 1.807) is 0 Å². The van der Waals surface area contributed by atoms with Crippen LogP contribution in [0.25, 0.3) is 0 Å². The van der Waals surface area contributed by atoms with Gasteiger partial charge in [-0.1, -0.05) is 53.5 Å². The maximum absolute atomic E-state index is 6.09. The summed E-state index contributed by atoms with van der Waals surface area (Å²) in [4.78, 5) is 0. The second-order valence-electron chi connectivity index (χ2n) is 5.66. The molecule has 110 valence electrons. The molecule has 3 N–H and O–H groups in total. The van der Waals surface area contributed by atoms with Crippen molar-refractivity contribution in [3.05, 3.63) is 69.2 Å². The molecule has 1 atom stereocenters. The molecule has 4 heteroatoms. The number of hydrazine groups is 1. The first-order valence-electron chi connectivity index (χ1n) is 7.14. The van der Waals surface area contributed by atoms with E-state index in [0.29, 0.717) is 16.0 Å². The lowest BCUT2D eigenvalue weighted by atomic mass is 9.91. The molecule has 1 aliphatic rings. The van der Waals surface area contributed by atoms with Gasteiger partial charge in [0, 0.05) is 6.04 Å². The predicted octanol–water partition coefficient (Wildman–Crippen LogP) is 3.78. The SMILES string of the molecule is NNC(Cc1ccc(Cl)c(Cl)c1)C1Cc2ccccc2C1. The van der Waals surface area contributed by atoms with Crippen molar-refractivity contribution in [2.75, 3.05) is 0 Å². The second-order valence-corrected chi connectivity index (χ2v) is 6.48. The van der Waals surface area contributed by atoms with Crippen molar-refractivity contribution in [3.8, 4) is 0 Å². The smallest absolute Gasteiger partial charge is 0.0595 e. The van der Waals surface area contributed by atoms with E-state index in [2.05, 4.69) is 29.7 Å². The fourth-order valence-electron chi connectivity index (χ4n) is 3.16. The van der Waals surface area contributed by atoms with Crippen LogP contribution in [0.1, 0.15) is 16.7 Å². The molecule has 0 aromatic heterocycles. The fraction of sp³-hybridized carbons (Fsp3) is 0.294. The van der Waals surface area contributed by atoms with E-state index < -0.39 is 0 Å². The zero-order chi connectivity index (χ0) is 14.8. The van der Waals surface area contributed by atoms with Gasteiger partial charge in [0.15, 0.2) is 0 Å². The van der Waals surface area contributed by atoms with Crippen molar-refractivity contribution < 1.29 is 0 Å². The Labute approximate surface area is 135 Å². The van der Waals surface area contributed by atoms with Crippen LogP contribution in [0, 0.1) is 5.92 Å². The number of nitrogens with two attached hydrogens (primary N) is 1. The highest BCUT2D eigenvalue weighted by molar-refractivity contribution is 6.42. The normalized spacial score (nSPS) is 16.0. The minimum absolute atomic E-state index is 0.231. The number of benzene rings is 2. The average molecular weight is 321 g/mol. The van der Waals surface area contributed by atoms with Gasteiger partial charge in [-0.3, -0.25) is 11.3 Å². The lowest BCUT2D eigenvalue weighted by Crippen LogP contribution is -2.42. The van der Waals surface area contributed by atoms with Crippen LogP contribution in [0.15, 0.2) is 42.5 Å². The monoisotopic (exact) mass is 320 g/mol. The van der Waals surface area contributed by atoms with Gasteiger partial charge >= 0.3 is 0 Å². The molecule has 0 bridgehead atoms. The van der Waals surface area contributed by atoms with Crippen LogP contribution < -0.4 is 11.3 Å². The van der Waals surface area contributed by atoms with Gasteiger partial charge in [-0.25, -0.2) is 0 Å². The number of hydrogen-bond acceptors (Lipinski definition) is 2. The number of hydrogen-bond donors (Lipinski definition) is 2. The summed E-state index contributed by atoms with van der Waals surface area (Å²) in [6, 6.07) is 14.6. The summed E-state index contributed by atoms with van der Waals surface area (Å²) in [5, 5.41) is 1.19. The van der Waals surface area contributed by atoms with Crippen molar-refractivity contribution in [1.29, 1.82) is 0 Å². The first kappa shape index (κ1) is 14.9. The molecule has 2 nitrogen and oxygen atoms in total. The van der Waals surface area contributed by atoms with Gasteiger partial charge in [-0.15, -0.1) is 0 Å².